The summed E-state index contributed by atoms with van der Waals surface area (Å²) in [6, 6.07) is 0. The Morgan fingerprint density at radius 3 is 1.07 bits per heavy atom. The highest BCUT2D eigenvalue weighted by Gasteiger charge is 1.88. The van der Waals surface area contributed by atoms with Crippen LogP contribution >= 0.6 is 0 Å². The Labute approximate surface area is 181 Å². The van der Waals surface area contributed by atoms with E-state index in [0.717, 1.165) is 29.9 Å². The second-order valence-electron chi connectivity index (χ2n) is 5.10. The predicted octanol–water partition coefficient (Wildman–Crippen LogP) is 1.03. The molecule has 180 valence electrons. The molecule has 0 fully saturated rings. The molecule has 0 aromatic heterocycles. The lowest BCUT2D eigenvalue weighted by Crippen LogP contribution is -2.17. The summed E-state index contributed by atoms with van der Waals surface area (Å²) < 4.78 is 26.1. The first kappa shape index (κ1) is 41.6. The molecule has 6 N–H and O–H groups in total. The van der Waals surface area contributed by atoms with Gasteiger partial charge in [0.15, 0.2) is 0 Å². The molecule has 0 aliphatic heterocycles. The molecule has 0 spiro atoms. The molecule has 0 atom stereocenters. The zero-order chi connectivity index (χ0) is 24.9. The second kappa shape index (κ2) is 37.1. The van der Waals surface area contributed by atoms with Crippen molar-refractivity contribution in [2.24, 2.45) is 0 Å². The first-order valence-electron chi connectivity index (χ1n) is 8.88. The Hall–Kier alpha value is -1.75. The number of allylic oxidation sites excluding steroid dienone is 2. The lowest BCUT2D eigenvalue weighted by atomic mass is 10.4. The van der Waals surface area contributed by atoms with Gasteiger partial charge in [-0.15, -0.1) is 0 Å². The van der Waals surface area contributed by atoms with Gasteiger partial charge in [0.1, 0.15) is 0 Å². The minimum absolute atomic E-state index is 0.843. The van der Waals surface area contributed by atoms with Gasteiger partial charge < -0.3 is 31.3 Å². The molecule has 0 unspecified atom stereocenters. The van der Waals surface area contributed by atoms with Gasteiger partial charge in [-0.25, -0.2) is 13.1 Å². The number of nitrogens with one attached hydrogen (secondary N) is 6. The van der Waals surface area contributed by atoms with Crippen LogP contribution in [0.25, 0.3) is 0 Å². The van der Waals surface area contributed by atoms with E-state index in [9.17, 15) is 8.42 Å². The molecule has 0 aromatic carbocycles. The van der Waals surface area contributed by atoms with Gasteiger partial charge in [0.2, 0.25) is 10.0 Å². The maximum Gasteiger partial charge on any atom is 0.208 e. The van der Waals surface area contributed by atoms with Gasteiger partial charge in [0, 0.05) is 48.1 Å². The molecule has 0 radical (unpaired) electrons. The Morgan fingerprint density at radius 1 is 0.828 bits per heavy atom. The van der Waals surface area contributed by atoms with E-state index in [0.29, 0.717) is 0 Å². The standard InChI is InChI=1S/C5H11N.C4H10N2.C4H9N.C2H7NO2S.C2H7N.C2H6O/c1-4-5(2)6-3;1-4(5-2)6-3;1-4(2)5-3;1-3-6(2,4)5;2*1-3-2/h6H,2,4H2,1,3H3;5-6H,1H2,2-3H3;5H,1H2,2-3H3;3H,1-2H3;3H,1-2H3;1-2H3. The SMILES string of the molecule is C=C(C)NC.C=C(CC)NC.C=C(NC)NC.CNC.CNS(C)(=O)=O.COC. The van der Waals surface area contributed by atoms with Crippen LogP contribution in [0, 0.1) is 0 Å². The Bertz CT molecular complexity index is 411. The predicted molar refractivity (Wildman–Crippen MR) is 131 cm³/mol. The molecule has 0 bridgehead atoms. The van der Waals surface area contributed by atoms with Crippen LogP contribution < -0.4 is 31.3 Å². The number of rotatable bonds is 6. The van der Waals surface area contributed by atoms with Gasteiger partial charge in [-0.3, -0.25) is 0 Å². The van der Waals surface area contributed by atoms with Gasteiger partial charge in [0.05, 0.1) is 12.1 Å². The third-order valence-electron chi connectivity index (χ3n) is 2.18. The quantitative estimate of drug-likeness (QED) is 0.361. The molecule has 0 aromatic rings. The molecule has 0 rings (SSSR count). The highest BCUT2D eigenvalue weighted by Crippen LogP contribution is 1.84. The van der Waals surface area contributed by atoms with E-state index in [1.165, 1.54) is 7.05 Å². The third-order valence-corrected chi connectivity index (χ3v) is 2.92. The summed E-state index contributed by atoms with van der Waals surface area (Å²) in [7, 11) is 12.8. The summed E-state index contributed by atoms with van der Waals surface area (Å²) in [5, 5.41) is 14.1. The van der Waals surface area contributed by atoms with Crippen LogP contribution in [-0.2, 0) is 14.8 Å². The normalized spacial score (nSPS) is 7.86. The smallest absolute Gasteiger partial charge is 0.208 e. The van der Waals surface area contributed by atoms with Crippen LogP contribution in [0.3, 0.4) is 0 Å². The van der Waals surface area contributed by atoms with Crippen LogP contribution in [-0.4, -0.2) is 78.2 Å². The number of hydrogen-bond donors (Lipinski definition) is 6. The van der Waals surface area contributed by atoms with Crippen molar-refractivity contribution >= 4 is 10.0 Å². The summed E-state index contributed by atoms with van der Waals surface area (Å²) >= 11 is 0. The van der Waals surface area contributed by atoms with E-state index in [1.807, 2.05) is 49.2 Å². The summed E-state index contributed by atoms with van der Waals surface area (Å²) in [5.74, 6) is 0.843. The van der Waals surface area contributed by atoms with Crippen molar-refractivity contribution in [3.05, 3.63) is 37.0 Å². The first-order valence-corrected chi connectivity index (χ1v) is 10.8. The molecular formula is C19H50N6O3S. The third kappa shape index (κ3) is 122. The van der Waals surface area contributed by atoms with Gasteiger partial charge in [0.25, 0.3) is 0 Å². The fourth-order valence-corrected chi connectivity index (χ4v) is 0.302. The van der Waals surface area contributed by atoms with E-state index in [2.05, 4.69) is 62.7 Å². The molecule has 29 heavy (non-hydrogen) atoms. The lowest BCUT2D eigenvalue weighted by molar-refractivity contribution is 0.277. The zero-order valence-corrected chi connectivity index (χ0v) is 21.8. The molecular weight excluding hydrogens is 392 g/mol. The maximum atomic E-state index is 9.89. The van der Waals surface area contributed by atoms with Crippen molar-refractivity contribution in [1.29, 1.82) is 0 Å². The van der Waals surface area contributed by atoms with Gasteiger partial charge >= 0.3 is 0 Å². The van der Waals surface area contributed by atoms with Gasteiger partial charge in [-0.2, -0.15) is 0 Å². The Morgan fingerprint density at radius 2 is 1.07 bits per heavy atom. The van der Waals surface area contributed by atoms with Crippen molar-refractivity contribution in [3.8, 4) is 0 Å². The maximum absolute atomic E-state index is 9.89. The fourth-order valence-electron chi connectivity index (χ4n) is 0.302. The van der Waals surface area contributed by atoms with Crippen molar-refractivity contribution in [2.45, 2.75) is 20.3 Å². The summed E-state index contributed by atoms with van der Waals surface area (Å²) in [6.45, 7) is 14.8. The fraction of sp³-hybridized carbons (Fsp3) is 0.684. The molecule has 0 saturated carbocycles. The van der Waals surface area contributed by atoms with Crippen molar-refractivity contribution in [2.75, 3.05) is 69.8 Å². The Kier molecular flexibility index (Phi) is 53.1. The van der Waals surface area contributed by atoms with Crippen molar-refractivity contribution in [3.63, 3.8) is 0 Å². The molecule has 0 aliphatic carbocycles. The van der Waals surface area contributed by atoms with Gasteiger partial charge in [-0.1, -0.05) is 26.7 Å². The number of hydrogen-bond acceptors (Lipinski definition) is 8. The molecule has 0 heterocycles. The summed E-state index contributed by atoms with van der Waals surface area (Å²) in [5.41, 5.74) is 2.10. The van der Waals surface area contributed by atoms with E-state index >= 15 is 0 Å². The highest BCUT2D eigenvalue weighted by molar-refractivity contribution is 7.88. The van der Waals surface area contributed by atoms with Crippen LogP contribution in [0.4, 0.5) is 0 Å². The van der Waals surface area contributed by atoms with Crippen LogP contribution in [0.2, 0.25) is 0 Å². The average Bonchev–Trinajstić information content (AvgIpc) is 2.68. The largest absolute Gasteiger partial charge is 0.392 e. The van der Waals surface area contributed by atoms with E-state index in [-0.39, 0.29) is 0 Å². The topological polar surface area (TPSA) is 116 Å². The molecule has 9 nitrogen and oxygen atoms in total. The average molecular weight is 443 g/mol. The summed E-state index contributed by atoms with van der Waals surface area (Å²) in [4.78, 5) is 0. The summed E-state index contributed by atoms with van der Waals surface area (Å²) in [6.07, 6.45) is 2.13. The van der Waals surface area contributed by atoms with Crippen LogP contribution in [0.5, 0.6) is 0 Å². The molecule has 10 heteroatoms. The second-order valence-corrected chi connectivity index (χ2v) is 7.05. The number of sulfonamides is 1. The van der Waals surface area contributed by atoms with Crippen molar-refractivity contribution < 1.29 is 13.2 Å². The van der Waals surface area contributed by atoms with Gasteiger partial charge in [-0.05, 0) is 40.2 Å². The minimum Gasteiger partial charge on any atom is -0.392 e. The zero-order valence-electron chi connectivity index (χ0n) is 21.0. The number of methoxy groups -OCH3 is 1. The molecule has 0 saturated heterocycles. The Balaban J connectivity index is -0.0000000559. The van der Waals surface area contributed by atoms with Crippen molar-refractivity contribution in [1.82, 2.24) is 31.3 Å². The first-order chi connectivity index (χ1) is 13.3. The molecule has 0 amide bonds. The minimum atomic E-state index is -2.91. The monoisotopic (exact) mass is 442 g/mol. The lowest BCUT2D eigenvalue weighted by Gasteiger charge is -1.98. The van der Waals surface area contributed by atoms with Crippen LogP contribution in [0.15, 0.2) is 37.0 Å². The highest BCUT2D eigenvalue weighted by atomic mass is 32.2. The van der Waals surface area contributed by atoms with Crippen LogP contribution in [0.1, 0.15) is 20.3 Å². The molecule has 0 aliphatic rings. The van der Waals surface area contributed by atoms with E-state index in [1.54, 1.807) is 14.2 Å². The number of ether oxygens (including phenoxy) is 1. The van der Waals surface area contributed by atoms with E-state index in [4.69, 9.17) is 0 Å². The van der Waals surface area contributed by atoms with E-state index < -0.39 is 10.0 Å².